The van der Waals surface area contributed by atoms with E-state index in [1.54, 1.807) is 0 Å². The van der Waals surface area contributed by atoms with Gasteiger partial charge in [-0.25, -0.2) is 0 Å². The van der Waals surface area contributed by atoms with Crippen LogP contribution in [0.3, 0.4) is 0 Å². The maximum atomic E-state index is 12.1. The maximum absolute atomic E-state index is 12.1. The number of nitrogens with one attached hydrogen (secondary N) is 2. The molecule has 1 unspecified atom stereocenters. The van der Waals surface area contributed by atoms with Crippen LogP contribution in [0.4, 0.5) is 0 Å². The van der Waals surface area contributed by atoms with Gasteiger partial charge in [-0.05, 0) is 45.2 Å². The molecule has 2 fully saturated rings. The van der Waals surface area contributed by atoms with Gasteiger partial charge in [0.05, 0.1) is 0 Å². The molecule has 0 aromatic heterocycles. The van der Waals surface area contributed by atoms with Gasteiger partial charge < -0.3 is 20.4 Å². The summed E-state index contributed by atoms with van der Waals surface area (Å²) in [4.78, 5) is 20.8. The lowest BCUT2D eigenvalue weighted by Gasteiger charge is -2.34. The second-order valence-corrected chi connectivity index (χ2v) is 7.62. The standard InChI is InChI=1S/C18H35N5O.HI/c1-14(2)17(24)23-10-7-16(8-11-23)21-18(19-3)20-12-15-6-5-9-22(4)13-15;/h14-16H,5-13H2,1-4H3,(H2,19,20,21);1H. The molecular weight excluding hydrogens is 429 g/mol. The number of aliphatic imine (C=N–C) groups is 1. The van der Waals surface area contributed by atoms with Crippen molar-refractivity contribution in [3.05, 3.63) is 0 Å². The number of amides is 1. The maximum Gasteiger partial charge on any atom is 0.225 e. The molecule has 0 spiro atoms. The van der Waals surface area contributed by atoms with Crippen LogP contribution in [0, 0.1) is 11.8 Å². The molecule has 2 rings (SSSR count). The molecule has 0 aromatic rings. The molecule has 0 saturated carbocycles. The smallest absolute Gasteiger partial charge is 0.225 e. The quantitative estimate of drug-likeness (QED) is 0.378. The van der Waals surface area contributed by atoms with E-state index < -0.39 is 0 Å². The van der Waals surface area contributed by atoms with Gasteiger partial charge in [0.2, 0.25) is 5.91 Å². The van der Waals surface area contributed by atoms with E-state index in [-0.39, 0.29) is 35.8 Å². The number of rotatable bonds is 4. The second-order valence-electron chi connectivity index (χ2n) is 7.62. The molecule has 146 valence electrons. The lowest BCUT2D eigenvalue weighted by molar-refractivity contribution is -0.135. The Kier molecular flexibility index (Phi) is 10.1. The number of halogens is 1. The first-order valence-electron chi connectivity index (χ1n) is 9.44. The van der Waals surface area contributed by atoms with Crippen molar-refractivity contribution in [2.45, 2.75) is 45.6 Å². The molecule has 0 aliphatic carbocycles. The number of likely N-dealkylation sites (tertiary alicyclic amines) is 2. The summed E-state index contributed by atoms with van der Waals surface area (Å²) in [6.07, 6.45) is 4.57. The van der Waals surface area contributed by atoms with Crippen molar-refractivity contribution in [1.82, 2.24) is 20.4 Å². The molecule has 2 heterocycles. The Morgan fingerprint density at radius 1 is 1.20 bits per heavy atom. The third kappa shape index (κ3) is 7.29. The number of nitrogens with zero attached hydrogens (tertiary/aromatic N) is 3. The van der Waals surface area contributed by atoms with Gasteiger partial charge in [-0.15, -0.1) is 24.0 Å². The number of guanidine groups is 1. The SMILES string of the molecule is CN=C(NCC1CCCN(C)C1)NC1CCN(C(=O)C(C)C)CC1.I. The van der Waals surface area contributed by atoms with Crippen molar-refractivity contribution in [1.29, 1.82) is 0 Å². The fraction of sp³-hybridized carbons (Fsp3) is 0.889. The Labute approximate surface area is 170 Å². The highest BCUT2D eigenvalue weighted by Gasteiger charge is 2.25. The van der Waals surface area contributed by atoms with Crippen molar-refractivity contribution in [3.63, 3.8) is 0 Å². The van der Waals surface area contributed by atoms with Crippen LogP contribution in [0.25, 0.3) is 0 Å². The second kappa shape index (κ2) is 11.2. The van der Waals surface area contributed by atoms with E-state index in [0.29, 0.717) is 12.0 Å². The first kappa shape index (κ1) is 22.5. The van der Waals surface area contributed by atoms with Crippen LogP contribution < -0.4 is 10.6 Å². The minimum absolute atomic E-state index is 0. The number of hydrogen-bond donors (Lipinski definition) is 2. The molecule has 2 N–H and O–H groups in total. The van der Waals surface area contributed by atoms with E-state index in [4.69, 9.17) is 0 Å². The molecule has 1 atom stereocenters. The van der Waals surface area contributed by atoms with E-state index in [9.17, 15) is 4.79 Å². The van der Waals surface area contributed by atoms with Crippen LogP contribution >= 0.6 is 24.0 Å². The van der Waals surface area contributed by atoms with Crippen LogP contribution in [-0.4, -0.2) is 74.5 Å². The molecule has 6 nitrogen and oxygen atoms in total. The Balaban J connectivity index is 0.00000312. The first-order valence-corrected chi connectivity index (χ1v) is 9.44. The Hall–Kier alpha value is -0.570. The largest absolute Gasteiger partial charge is 0.356 e. The average Bonchev–Trinajstić information content (AvgIpc) is 2.58. The predicted molar refractivity (Wildman–Crippen MR) is 115 cm³/mol. The predicted octanol–water partition coefficient (Wildman–Crippen LogP) is 1.76. The minimum Gasteiger partial charge on any atom is -0.356 e. The van der Waals surface area contributed by atoms with Crippen LogP contribution in [-0.2, 0) is 4.79 Å². The monoisotopic (exact) mass is 465 g/mol. The topological polar surface area (TPSA) is 60.0 Å². The van der Waals surface area contributed by atoms with Crippen molar-refractivity contribution < 1.29 is 4.79 Å². The molecule has 25 heavy (non-hydrogen) atoms. The fourth-order valence-corrected chi connectivity index (χ4v) is 3.68. The number of carbonyl (C=O) groups excluding carboxylic acids is 1. The Morgan fingerprint density at radius 2 is 1.88 bits per heavy atom. The highest BCUT2D eigenvalue weighted by molar-refractivity contribution is 14.0. The molecule has 2 saturated heterocycles. The Bertz CT molecular complexity index is 435. The summed E-state index contributed by atoms with van der Waals surface area (Å²) in [6.45, 7) is 9.01. The molecule has 2 aliphatic rings. The lowest BCUT2D eigenvalue weighted by atomic mass is 9.98. The summed E-state index contributed by atoms with van der Waals surface area (Å²) in [5, 5.41) is 7.02. The average molecular weight is 465 g/mol. The van der Waals surface area contributed by atoms with Gasteiger partial charge in [-0.1, -0.05) is 13.8 Å². The summed E-state index contributed by atoms with van der Waals surface area (Å²) in [7, 11) is 4.03. The van der Waals surface area contributed by atoms with Gasteiger partial charge in [-0.3, -0.25) is 9.79 Å². The van der Waals surface area contributed by atoms with Gasteiger partial charge in [0.1, 0.15) is 0 Å². The molecule has 1 amide bonds. The van der Waals surface area contributed by atoms with Crippen LogP contribution in [0.5, 0.6) is 0 Å². The van der Waals surface area contributed by atoms with Gasteiger partial charge in [-0.2, -0.15) is 0 Å². The minimum atomic E-state index is 0. The van der Waals surface area contributed by atoms with Crippen molar-refractivity contribution in [2.75, 3.05) is 46.8 Å². The number of piperidine rings is 2. The highest BCUT2D eigenvalue weighted by atomic mass is 127. The van der Waals surface area contributed by atoms with Crippen molar-refractivity contribution in [3.8, 4) is 0 Å². The van der Waals surface area contributed by atoms with Gasteiger partial charge in [0.15, 0.2) is 5.96 Å². The Morgan fingerprint density at radius 3 is 2.44 bits per heavy atom. The van der Waals surface area contributed by atoms with Gasteiger partial charge >= 0.3 is 0 Å². The van der Waals surface area contributed by atoms with Crippen molar-refractivity contribution in [2.24, 2.45) is 16.8 Å². The number of carbonyl (C=O) groups is 1. The van der Waals surface area contributed by atoms with E-state index in [1.807, 2.05) is 25.8 Å². The summed E-state index contributed by atoms with van der Waals surface area (Å²) in [6, 6.07) is 0.404. The molecule has 0 radical (unpaired) electrons. The summed E-state index contributed by atoms with van der Waals surface area (Å²) in [5.41, 5.74) is 0. The van der Waals surface area contributed by atoms with E-state index in [1.165, 1.54) is 25.9 Å². The fourth-order valence-electron chi connectivity index (χ4n) is 3.68. The lowest BCUT2D eigenvalue weighted by Crippen LogP contribution is -2.51. The van der Waals surface area contributed by atoms with Crippen LogP contribution in [0.1, 0.15) is 39.5 Å². The third-order valence-corrected chi connectivity index (χ3v) is 5.15. The van der Waals surface area contributed by atoms with Gasteiger partial charge in [0.25, 0.3) is 0 Å². The summed E-state index contributed by atoms with van der Waals surface area (Å²) in [5.74, 6) is 1.97. The zero-order valence-electron chi connectivity index (χ0n) is 16.3. The number of hydrogen-bond acceptors (Lipinski definition) is 3. The van der Waals surface area contributed by atoms with Gasteiger partial charge in [0, 0.05) is 45.2 Å². The molecular formula is C18H36IN5O. The zero-order chi connectivity index (χ0) is 17.5. The first-order chi connectivity index (χ1) is 11.5. The molecule has 0 bridgehead atoms. The third-order valence-electron chi connectivity index (χ3n) is 5.15. The normalized spacial score (nSPS) is 23.3. The molecule has 0 aromatic carbocycles. The molecule has 7 heteroatoms. The summed E-state index contributed by atoms with van der Waals surface area (Å²) >= 11 is 0. The van der Waals surface area contributed by atoms with E-state index in [2.05, 4.69) is 27.6 Å². The highest BCUT2D eigenvalue weighted by Crippen LogP contribution is 2.15. The van der Waals surface area contributed by atoms with E-state index >= 15 is 0 Å². The van der Waals surface area contributed by atoms with Crippen molar-refractivity contribution >= 4 is 35.8 Å². The molecule has 2 aliphatic heterocycles. The summed E-state index contributed by atoms with van der Waals surface area (Å²) < 4.78 is 0. The van der Waals surface area contributed by atoms with Crippen LogP contribution in [0.15, 0.2) is 4.99 Å². The zero-order valence-corrected chi connectivity index (χ0v) is 18.6. The van der Waals surface area contributed by atoms with Crippen LogP contribution in [0.2, 0.25) is 0 Å². The van der Waals surface area contributed by atoms with E-state index in [0.717, 1.165) is 38.4 Å².